The topological polar surface area (TPSA) is 67.2 Å². The number of hydrogen-bond acceptors (Lipinski definition) is 4. The highest BCUT2D eigenvalue weighted by Gasteiger charge is 2.11. The molecule has 2 N–H and O–H groups in total. The van der Waals surface area contributed by atoms with Gasteiger partial charge in [0.25, 0.3) is 5.70 Å². The van der Waals surface area contributed by atoms with Gasteiger partial charge in [0.15, 0.2) is 0 Å². The molecule has 50 valence electrons. The average Bonchev–Trinajstić information content (AvgIpc) is 1.90. The smallest absolute Gasteiger partial charge is 0.275 e. The summed E-state index contributed by atoms with van der Waals surface area (Å²) < 4.78 is 0. The van der Waals surface area contributed by atoms with Gasteiger partial charge in [-0.1, -0.05) is 0 Å². The summed E-state index contributed by atoms with van der Waals surface area (Å²) in [5, 5.41) is 15.5. The molecule has 0 saturated heterocycles. The zero-order valence-electron chi connectivity index (χ0n) is 4.76. The van der Waals surface area contributed by atoms with Crippen molar-refractivity contribution in [2.45, 2.75) is 0 Å². The van der Waals surface area contributed by atoms with Crippen LogP contribution in [0.2, 0.25) is 0 Å². The van der Waals surface area contributed by atoms with Gasteiger partial charge in [0, 0.05) is 0 Å². The van der Waals surface area contributed by atoms with E-state index in [0.717, 1.165) is 0 Å². The summed E-state index contributed by atoms with van der Waals surface area (Å²) in [7, 11) is 0. The van der Waals surface area contributed by atoms with E-state index in [1.807, 2.05) is 0 Å². The minimum Gasteiger partial charge on any atom is -0.373 e. The van der Waals surface area contributed by atoms with Gasteiger partial charge < -0.3 is 5.32 Å². The lowest BCUT2D eigenvalue weighted by Gasteiger charge is -2.08. The van der Waals surface area contributed by atoms with Crippen molar-refractivity contribution in [3.63, 3.8) is 0 Å². The second-order valence-corrected chi connectivity index (χ2v) is 1.70. The Morgan fingerprint density at radius 3 is 2.89 bits per heavy atom. The standard InChI is InChI=1S/C4H7N3O2/c8-7(9)4-1-5-3-6-2-4/h1,5-6H,2-3H2. The van der Waals surface area contributed by atoms with Crippen LogP contribution >= 0.6 is 0 Å². The molecule has 0 saturated carbocycles. The molecule has 0 aromatic heterocycles. The van der Waals surface area contributed by atoms with Crippen molar-refractivity contribution in [3.8, 4) is 0 Å². The molecule has 5 heteroatoms. The molecule has 0 fully saturated rings. The molecule has 0 spiro atoms. The van der Waals surface area contributed by atoms with Crippen molar-refractivity contribution in [3.05, 3.63) is 22.0 Å². The van der Waals surface area contributed by atoms with E-state index < -0.39 is 4.92 Å². The highest BCUT2D eigenvalue weighted by Crippen LogP contribution is 1.92. The molecule has 0 bridgehead atoms. The van der Waals surface area contributed by atoms with Crippen molar-refractivity contribution in [2.24, 2.45) is 0 Å². The van der Waals surface area contributed by atoms with Crippen LogP contribution in [-0.4, -0.2) is 18.1 Å². The lowest BCUT2D eigenvalue weighted by Crippen LogP contribution is -2.34. The number of nitrogens with zero attached hydrogens (tertiary/aromatic N) is 1. The van der Waals surface area contributed by atoms with Gasteiger partial charge in [-0.15, -0.1) is 0 Å². The first-order valence-corrected chi connectivity index (χ1v) is 2.58. The number of nitrogens with one attached hydrogen (secondary N) is 2. The van der Waals surface area contributed by atoms with Crippen LogP contribution in [0.1, 0.15) is 0 Å². The molecule has 0 radical (unpaired) electrons. The fraction of sp³-hybridized carbons (Fsp3) is 0.500. The van der Waals surface area contributed by atoms with Gasteiger partial charge in [0.1, 0.15) is 0 Å². The Morgan fingerprint density at radius 2 is 2.56 bits per heavy atom. The van der Waals surface area contributed by atoms with Gasteiger partial charge in [-0.05, 0) is 0 Å². The van der Waals surface area contributed by atoms with Crippen molar-refractivity contribution in [2.75, 3.05) is 13.2 Å². The first kappa shape index (κ1) is 6.03. The molecule has 0 atom stereocenters. The Bertz CT molecular complexity index is 154. The Kier molecular flexibility index (Phi) is 1.64. The Hall–Kier alpha value is -1.10. The van der Waals surface area contributed by atoms with E-state index in [1.165, 1.54) is 6.20 Å². The summed E-state index contributed by atoms with van der Waals surface area (Å²) in [4.78, 5) is 9.61. The average molecular weight is 129 g/mol. The third-order valence-corrected chi connectivity index (χ3v) is 1.04. The molecule has 1 rings (SSSR count). The van der Waals surface area contributed by atoms with Crippen LogP contribution < -0.4 is 10.6 Å². The molecule has 1 heterocycles. The van der Waals surface area contributed by atoms with Crippen LogP contribution in [0, 0.1) is 10.1 Å². The van der Waals surface area contributed by atoms with Gasteiger partial charge >= 0.3 is 0 Å². The van der Waals surface area contributed by atoms with Crippen LogP contribution in [0.4, 0.5) is 0 Å². The van der Waals surface area contributed by atoms with Crippen molar-refractivity contribution < 1.29 is 4.92 Å². The van der Waals surface area contributed by atoms with E-state index in [1.54, 1.807) is 0 Å². The summed E-state index contributed by atoms with van der Waals surface area (Å²) in [5.74, 6) is 0. The third-order valence-electron chi connectivity index (χ3n) is 1.04. The lowest BCUT2D eigenvalue weighted by atomic mass is 10.4. The summed E-state index contributed by atoms with van der Waals surface area (Å²) in [6.07, 6.45) is 1.41. The predicted octanol–water partition coefficient (Wildman–Crippen LogP) is -0.745. The van der Waals surface area contributed by atoms with Crippen LogP contribution in [0.15, 0.2) is 11.9 Å². The van der Waals surface area contributed by atoms with Crippen LogP contribution in [0.25, 0.3) is 0 Å². The van der Waals surface area contributed by atoms with E-state index in [2.05, 4.69) is 10.6 Å². The maximum Gasteiger partial charge on any atom is 0.275 e. The molecular formula is C4H7N3O2. The fourth-order valence-electron chi connectivity index (χ4n) is 0.600. The second kappa shape index (κ2) is 2.45. The minimum atomic E-state index is -0.404. The van der Waals surface area contributed by atoms with Crippen LogP contribution in [0.5, 0.6) is 0 Å². The van der Waals surface area contributed by atoms with Gasteiger partial charge in [-0.2, -0.15) is 0 Å². The fourth-order valence-corrected chi connectivity index (χ4v) is 0.600. The zero-order chi connectivity index (χ0) is 6.69. The van der Waals surface area contributed by atoms with E-state index in [4.69, 9.17) is 0 Å². The van der Waals surface area contributed by atoms with Gasteiger partial charge in [0.05, 0.1) is 24.3 Å². The maximum absolute atomic E-state index is 10.0. The largest absolute Gasteiger partial charge is 0.373 e. The van der Waals surface area contributed by atoms with Crippen molar-refractivity contribution in [1.29, 1.82) is 0 Å². The first-order valence-electron chi connectivity index (χ1n) is 2.58. The molecule has 0 unspecified atom stereocenters. The SMILES string of the molecule is O=[N+]([O-])C1=CNCNC1. The number of rotatable bonds is 1. The Labute approximate surface area is 51.9 Å². The highest BCUT2D eigenvalue weighted by atomic mass is 16.6. The maximum atomic E-state index is 10.0. The van der Waals surface area contributed by atoms with E-state index in [-0.39, 0.29) is 5.70 Å². The first-order chi connectivity index (χ1) is 4.30. The number of hydrogen-bond donors (Lipinski definition) is 2. The van der Waals surface area contributed by atoms with Crippen LogP contribution in [-0.2, 0) is 0 Å². The van der Waals surface area contributed by atoms with Crippen molar-refractivity contribution in [1.82, 2.24) is 10.6 Å². The van der Waals surface area contributed by atoms with E-state index in [0.29, 0.717) is 13.2 Å². The molecule has 9 heavy (non-hydrogen) atoms. The van der Waals surface area contributed by atoms with Gasteiger partial charge in [-0.3, -0.25) is 15.4 Å². The second-order valence-electron chi connectivity index (χ2n) is 1.70. The van der Waals surface area contributed by atoms with Crippen molar-refractivity contribution >= 4 is 0 Å². The summed E-state index contributed by atoms with van der Waals surface area (Å²) >= 11 is 0. The highest BCUT2D eigenvalue weighted by molar-refractivity contribution is 4.95. The number of nitro groups is 1. The van der Waals surface area contributed by atoms with Gasteiger partial charge in [-0.25, -0.2) is 0 Å². The monoisotopic (exact) mass is 129 g/mol. The minimum absolute atomic E-state index is 0.182. The molecule has 0 aliphatic carbocycles. The van der Waals surface area contributed by atoms with E-state index >= 15 is 0 Å². The zero-order valence-corrected chi connectivity index (χ0v) is 4.76. The Balaban J connectivity index is 2.57. The molecule has 1 aliphatic rings. The third kappa shape index (κ3) is 1.39. The summed E-state index contributed by atoms with van der Waals surface area (Å²) in [6.45, 7) is 0.956. The van der Waals surface area contributed by atoms with Gasteiger partial charge in [0.2, 0.25) is 0 Å². The normalized spacial score (nSPS) is 18.0. The predicted molar refractivity (Wildman–Crippen MR) is 31.1 cm³/mol. The molecule has 0 amide bonds. The van der Waals surface area contributed by atoms with E-state index in [9.17, 15) is 10.1 Å². The molecule has 5 nitrogen and oxygen atoms in total. The molecule has 1 aliphatic heterocycles. The molecular weight excluding hydrogens is 122 g/mol. The Morgan fingerprint density at radius 1 is 1.78 bits per heavy atom. The quantitative estimate of drug-likeness (QED) is 0.361. The summed E-state index contributed by atoms with van der Waals surface area (Å²) in [5.41, 5.74) is 0.182. The lowest BCUT2D eigenvalue weighted by molar-refractivity contribution is -0.427. The molecule has 0 aromatic carbocycles. The summed E-state index contributed by atoms with van der Waals surface area (Å²) in [6, 6.07) is 0. The molecule has 0 aromatic rings. The van der Waals surface area contributed by atoms with Crippen LogP contribution in [0.3, 0.4) is 0 Å².